The van der Waals surface area contributed by atoms with Crippen molar-refractivity contribution in [2.75, 3.05) is 25.0 Å². The van der Waals surface area contributed by atoms with Gasteiger partial charge >= 0.3 is 0 Å². The molecule has 3 heterocycles. The number of likely N-dealkylation sites (tertiary alicyclic amines) is 1. The SMILES string of the molecule is Cc1cnc(N(C)[C@@H]2CC[C@@H]3CN(C(=O)c4cccn4C)C[C@@H]32)cn1. The molecule has 2 aromatic heterocycles. The van der Waals surface area contributed by atoms with E-state index in [1.54, 1.807) is 0 Å². The average molecular weight is 339 g/mol. The second kappa shape index (κ2) is 6.17. The molecule has 25 heavy (non-hydrogen) atoms. The van der Waals surface area contributed by atoms with Crippen LogP contribution in [-0.2, 0) is 7.05 Å². The third-order valence-corrected chi connectivity index (χ3v) is 5.90. The molecule has 1 amide bonds. The predicted molar refractivity (Wildman–Crippen MR) is 96.5 cm³/mol. The predicted octanol–water partition coefficient (Wildman–Crippen LogP) is 2.11. The summed E-state index contributed by atoms with van der Waals surface area (Å²) < 4.78 is 1.90. The summed E-state index contributed by atoms with van der Waals surface area (Å²) in [5.74, 6) is 2.18. The van der Waals surface area contributed by atoms with Gasteiger partial charge < -0.3 is 14.4 Å². The van der Waals surface area contributed by atoms with Crippen LogP contribution in [0.1, 0.15) is 29.0 Å². The van der Waals surface area contributed by atoms with Crippen molar-refractivity contribution in [2.45, 2.75) is 25.8 Å². The summed E-state index contributed by atoms with van der Waals surface area (Å²) in [6.45, 7) is 3.66. The highest BCUT2D eigenvalue weighted by molar-refractivity contribution is 5.93. The van der Waals surface area contributed by atoms with Crippen molar-refractivity contribution in [3.63, 3.8) is 0 Å². The normalized spacial score (nSPS) is 25.2. The van der Waals surface area contributed by atoms with Gasteiger partial charge in [0.15, 0.2) is 0 Å². The maximum Gasteiger partial charge on any atom is 0.270 e. The molecule has 1 saturated carbocycles. The Labute approximate surface area is 148 Å². The Morgan fingerprint density at radius 1 is 1.24 bits per heavy atom. The number of carbonyl (C=O) groups excluding carboxylic acids is 1. The number of fused-ring (bicyclic) bond motifs is 1. The molecule has 0 unspecified atom stereocenters. The molecule has 0 N–H and O–H groups in total. The van der Waals surface area contributed by atoms with E-state index < -0.39 is 0 Å². The molecule has 2 aliphatic rings. The maximum atomic E-state index is 12.8. The van der Waals surface area contributed by atoms with Crippen molar-refractivity contribution in [1.29, 1.82) is 0 Å². The van der Waals surface area contributed by atoms with Gasteiger partial charge in [0.1, 0.15) is 11.5 Å². The van der Waals surface area contributed by atoms with E-state index in [1.165, 1.54) is 6.42 Å². The van der Waals surface area contributed by atoms with Gasteiger partial charge in [0.2, 0.25) is 0 Å². The summed E-state index contributed by atoms with van der Waals surface area (Å²) in [5.41, 5.74) is 1.70. The number of hydrogen-bond acceptors (Lipinski definition) is 4. The first-order valence-electron chi connectivity index (χ1n) is 8.96. The fourth-order valence-corrected chi connectivity index (χ4v) is 4.47. The zero-order valence-corrected chi connectivity index (χ0v) is 15.1. The fourth-order valence-electron chi connectivity index (χ4n) is 4.47. The minimum Gasteiger partial charge on any atom is -0.355 e. The third kappa shape index (κ3) is 2.79. The first-order valence-corrected chi connectivity index (χ1v) is 8.96. The smallest absolute Gasteiger partial charge is 0.270 e. The van der Waals surface area contributed by atoms with Crippen molar-refractivity contribution < 1.29 is 4.79 Å². The number of nitrogens with zero attached hydrogens (tertiary/aromatic N) is 5. The molecule has 0 bridgehead atoms. The van der Waals surface area contributed by atoms with Gasteiger partial charge in [0.05, 0.1) is 18.1 Å². The van der Waals surface area contributed by atoms with E-state index in [1.807, 2.05) is 54.2 Å². The van der Waals surface area contributed by atoms with Crippen LogP contribution in [0.3, 0.4) is 0 Å². The highest BCUT2D eigenvalue weighted by Crippen LogP contribution is 2.41. The zero-order valence-electron chi connectivity index (χ0n) is 15.1. The van der Waals surface area contributed by atoms with Gasteiger partial charge in [-0.1, -0.05) is 0 Å². The lowest BCUT2D eigenvalue weighted by Crippen LogP contribution is -2.39. The molecule has 1 aliphatic heterocycles. The standard InChI is InChI=1S/C19H25N5O/c1-13-9-21-18(10-20-13)23(3)16-7-6-14-11-24(12-15(14)16)19(25)17-5-4-8-22(17)2/h4-5,8-10,14-16H,6-7,11-12H2,1-3H3/t14-,15+,16-/m1/s1. The molecule has 6 heteroatoms. The molecule has 132 valence electrons. The van der Waals surface area contributed by atoms with Gasteiger partial charge in [-0.15, -0.1) is 0 Å². The number of rotatable bonds is 3. The van der Waals surface area contributed by atoms with E-state index in [0.29, 0.717) is 17.9 Å². The monoisotopic (exact) mass is 339 g/mol. The average Bonchev–Trinajstić information content (AvgIpc) is 3.29. The van der Waals surface area contributed by atoms with E-state index in [0.717, 1.165) is 36.7 Å². The Morgan fingerprint density at radius 2 is 2.08 bits per heavy atom. The van der Waals surface area contributed by atoms with Crippen LogP contribution in [0.4, 0.5) is 5.82 Å². The summed E-state index contributed by atoms with van der Waals surface area (Å²) in [6, 6.07) is 4.26. The highest BCUT2D eigenvalue weighted by atomic mass is 16.2. The molecule has 3 atom stereocenters. The number of hydrogen-bond donors (Lipinski definition) is 0. The number of aryl methyl sites for hydroxylation is 2. The molecule has 2 fully saturated rings. The minimum absolute atomic E-state index is 0.151. The van der Waals surface area contributed by atoms with E-state index >= 15 is 0 Å². The van der Waals surface area contributed by atoms with Crippen molar-refractivity contribution in [2.24, 2.45) is 18.9 Å². The highest BCUT2D eigenvalue weighted by Gasteiger charge is 2.46. The summed E-state index contributed by atoms with van der Waals surface area (Å²) in [7, 11) is 4.03. The number of amides is 1. The van der Waals surface area contributed by atoms with Gasteiger partial charge in [-0.25, -0.2) is 4.98 Å². The number of carbonyl (C=O) groups is 1. The van der Waals surface area contributed by atoms with Gasteiger partial charge in [-0.05, 0) is 37.8 Å². The summed E-state index contributed by atoms with van der Waals surface area (Å²) >= 11 is 0. The number of anilines is 1. The van der Waals surface area contributed by atoms with Crippen LogP contribution in [0.5, 0.6) is 0 Å². The van der Waals surface area contributed by atoms with Gasteiger partial charge in [0, 0.05) is 45.3 Å². The van der Waals surface area contributed by atoms with Crippen LogP contribution in [-0.4, -0.2) is 51.5 Å². The first kappa shape index (κ1) is 16.1. The van der Waals surface area contributed by atoms with E-state index in [-0.39, 0.29) is 5.91 Å². The number of aromatic nitrogens is 3. The molecule has 6 nitrogen and oxygen atoms in total. The maximum absolute atomic E-state index is 12.8. The van der Waals surface area contributed by atoms with Crippen molar-refractivity contribution in [3.8, 4) is 0 Å². The van der Waals surface area contributed by atoms with Crippen LogP contribution < -0.4 is 4.90 Å². The molecular formula is C19H25N5O. The first-order chi connectivity index (χ1) is 12.0. The Balaban J connectivity index is 1.49. The van der Waals surface area contributed by atoms with Gasteiger partial charge in [-0.3, -0.25) is 9.78 Å². The molecular weight excluding hydrogens is 314 g/mol. The third-order valence-electron chi connectivity index (χ3n) is 5.90. The summed E-state index contributed by atoms with van der Waals surface area (Å²) in [5, 5.41) is 0. The molecule has 4 rings (SSSR count). The zero-order chi connectivity index (χ0) is 17.6. The van der Waals surface area contributed by atoms with Gasteiger partial charge in [-0.2, -0.15) is 0 Å². The summed E-state index contributed by atoms with van der Waals surface area (Å²) in [4.78, 5) is 26.0. The van der Waals surface area contributed by atoms with Crippen LogP contribution in [0, 0.1) is 18.8 Å². The van der Waals surface area contributed by atoms with E-state index in [9.17, 15) is 4.79 Å². The summed E-state index contributed by atoms with van der Waals surface area (Å²) in [6.07, 6.45) is 7.93. The Bertz CT molecular complexity index is 768. The quantitative estimate of drug-likeness (QED) is 0.859. The lowest BCUT2D eigenvalue weighted by molar-refractivity contribution is 0.0770. The van der Waals surface area contributed by atoms with Crippen LogP contribution >= 0.6 is 0 Å². The van der Waals surface area contributed by atoms with E-state index in [2.05, 4.69) is 21.9 Å². The van der Waals surface area contributed by atoms with Gasteiger partial charge in [0.25, 0.3) is 5.91 Å². The lowest BCUT2D eigenvalue weighted by Gasteiger charge is -2.30. The molecule has 0 radical (unpaired) electrons. The van der Waals surface area contributed by atoms with E-state index in [4.69, 9.17) is 0 Å². The van der Waals surface area contributed by atoms with Crippen molar-refractivity contribution >= 4 is 11.7 Å². The topological polar surface area (TPSA) is 54.3 Å². The van der Waals surface area contributed by atoms with Crippen molar-refractivity contribution in [1.82, 2.24) is 19.4 Å². The molecule has 1 saturated heterocycles. The molecule has 2 aromatic rings. The minimum atomic E-state index is 0.151. The largest absolute Gasteiger partial charge is 0.355 e. The molecule has 0 aromatic carbocycles. The Morgan fingerprint density at radius 3 is 2.76 bits per heavy atom. The van der Waals surface area contributed by atoms with Crippen LogP contribution in [0.2, 0.25) is 0 Å². The molecule has 1 aliphatic carbocycles. The van der Waals surface area contributed by atoms with Crippen LogP contribution in [0.25, 0.3) is 0 Å². The second-order valence-corrected chi connectivity index (χ2v) is 7.41. The second-order valence-electron chi connectivity index (χ2n) is 7.41. The Kier molecular flexibility index (Phi) is 3.98. The van der Waals surface area contributed by atoms with Crippen LogP contribution in [0.15, 0.2) is 30.7 Å². The van der Waals surface area contributed by atoms with Crippen molar-refractivity contribution in [3.05, 3.63) is 42.1 Å². The Hall–Kier alpha value is -2.37. The lowest BCUT2D eigenvalue weighted by atomic mass is 9.97. The fraction of sp³-hybridized carbons (Fsp3) is 0.526. The molecule has 0 spiro atoms.